The largest absolute Gasteiger partial charge is 0.138 e. The molecule has 0 spiro atoms. The monoisotopic (exact) mass is 114 g/mol. The van der Waals surface area contributed by atoms with Gasteiger partial charge in [-0.15, -0.1) is 11.8 Å². The minimum Gasteiger partial charge on any atom is -0.138 e. The van der Waals surface area contributed by atoms with E-state index in [-0.39, 0.29) is 0 Å². The molecular formula is C6H10S. The molecule has 0 aliphatic heterocycles. The van der Waals surface area contributed by atoms with Crippen molar-refractivity contribution in [1.82, 2.24) is 0 Å². The van der Waals surface area contributed by atoms with Crippen molar-refractivity contribution in [2.24, 2.45) is 5.92 Å². The van der Waals surface area contributed by atoms with Gasteiger partial charge in [-0.2, -0.15) is 0 Å². The topological polar surface area (TPSA) is 0 Å². The molecule has 1 aliphatic carbocycles. The fourth-order valence-corrected chi connectivity index (χ4v) is 0.858. The van der Waals surface area contributed by atoms with Gasteiger partial charge in [0, 0.05) is 0 Å². The lowest BCUT2D eigenvalue weighted by Crippen LogP contribution is -1.56. The summed E-state index contributed by atoms with van der Waals surface area (Å²) in [5.74, 6) is 0.951. The fourth-order valence-electron chi connectivity index (χ4n) is 0.478. The summed E-state index contributed by atoms with van der Waals surface area (Å²) in [5.41, 5.74) is 0. The van der Waals surface area contributed by atoms with Crippen molar-refractivity contribution in [1.29, 1.82) is 0 Å². The van der Waals surface area contributed by atoms with Gasteiger partial charge in [-0.3, -0.25) is 0 Å². The summed E-state index contributed by atoms with van der Waals surface area (Å²) >= 11 is 1.79. The SMILES string of the molecule is CSC=CC1CC1. The zero-order chi connectivity index (χ0) is 5.11. The number of allylic oxidation sites excluding steroid dienone is 1. The summed E-state index contributed by atoms with van der Waals surface area (Å²) in [6.07, 6.45) is 7.25. The Morgan fingerprint density at radius 2 is 2.29 bits per heavy atom. The van der Waals surface area contributed by atoms with Crippen molar-refractivity contribution in [2.75, 3.05) is 6.26 Å². The van der Waals surface area contributed by atoms with Crippen molar-refractivity contribution in [3.8, 4) is 0 Å². The van der Waals surface area contributed by atoms with Crippen LogP contribution in [0.4, 0.5) is 0 Å². The van der Waals surface area contributed by atoms with E-state index in [9.17, 15) is 0 Å². The van der Waals surface area contributed by atoms with Crippen molar-refractivity contribution < 1.29 is 0 Å². The van der Waals surface area contributed by atoms with E-state index in [4.69, 9.17) is 0 Å². The molecule has 1 heteroatoms. The van der Waals surface area contributed by atoms with Crippen LogP contribution in [0, 0.1) is 5.92 Å². The maximum atomic E-state index is 2.30. The average molecular weight is 114 g/mol. The Morgan fingerprint density at radius 1 is 1.57 bits per heavy atom. The van der Waals surface area contributed by atoms with Gasteiger partial charge in [-0.1, -0.05) is 6.08 Å². The van der Waals surface area contributed by atoms with Crippen molar-refractivity contribution in [3.05, 3.63) is 11.5 Å². The molecule has 0 aromatic rings. The molecule has 1 fully saturated rings. The Labute approximate surface area is 49.0 Å². The Balaban J connectivity index is 2.05. The van der Waals surface area contributed by atoms with Gasteiger partial charge in [0.2, 0.25) is 0 Å². The van der Waals surface area contributed by atoms with Crippen LogP contribution in [0.25, 0.3) is 0 Å². The molecule has 1 saturated carbocycles. The molecule has 0 aromatic carbocycles. The molecule has 0 saturated heterocycles. The lowest BCUT2D eigenvalue weighted by Gasteiger charge is -1.75. The predicted molar refractivity (Wildman–Crippen MR) is 35.4 cm³/mol. The molecule has 0 radical (unpaired) electrons. The highest BCUT2D eigenvalue weighted by atomic mass is 32.2. The van der Waals surface area contributed by atoms with Gasteiger partial charge in [0.25, 0.3) is 0 Å². The molecular weight excluding hydrogens is 104 g/mol. The molecule has 0 nitrogen and oxygen atoms in total. The van der Waals surface area contributed by atoms with E-state index in [0.29, 0.717) is 0 Å². The second kappa shape index (κ2) is 2.41. The van der Waals surface area contributed by atoms with Crippen molar-refractivity contribution >= 4 is 11.8 Å². The molecule has 0 amide bonds. The van der Waals surface area contributed by atoms with Crippen LogP contribution >= 0.6 is 11.8 Å². The van der Waals surface area contributed by atoms with Gasteiger partial charge in [-0.05, 0) is 30.4 Å². The van der Waals surface area contributed by atoms with Crippen LogP contribution < -0.4 is 0 Å². The normalized spacial score (nSPS) is 21.3. The van der Waals surface area contributed by atoms with Gasteiger partial charge in [-0.25, -0.2) is 0 Å². The molecule has 0 atom stereocenters. The molecule has 0 aromatic heterocycles. The first kappa shape index (κ1) is 5.23. The summed E-state index contributed by atoms with van der Waals surface area (Å²) in [4.78, 5) is 0. The molecule has 0 heterocycles. The van der Waals surface area contributed by atoms with Crippen LogP contribution in [0.1, 0.15) is 12.8 Å². The Hall–Kier alpha value is 0.0900. The van der Waals surface area contributed by atoms with Gasteiger partial charge < -0.3 is 0 Å². The van der Waals surface area contributed by atoms with E-state index in [1.165, 1.54) is 12.8 Å². The van der Waals surface area contributed by atoms with E-state index in [1.54, 1.807) is 11.8 Å². The lowest BCUT2D eigenvalue weighted by molar-refractivity contribution is 1.13. The third-order valence-corrected chi connectivity index (χ3v) is 1.54. The molecule has 0 unspecified atom stereocenters. The van der Waals surface area contributed by atoms with Crippen LogP contribution in [0.2, 0.25) is 0 Å². The van der Waals surface area contributed by atoms with Crippen LogP contribution in [0.3, 0.4) is 0 Å². The van der Waals surface area contributed by atoms with E-state index in [1.807, 2.05) is 0 Å². The highest BCUT2D eigenvalue weighted by Crippen LogP contribution is 2.30. The molecule has 40 valence electrons. The number of rotatable bonds is 2. The summed E-state index contributed by atoms with van der Waals surface area (Å²) in [6.45, 7) is 0. The summed E-state index contributed by atoms with van der Waals surface area (Å²) in [5, 5.41) is 2.18. The predicted octanol–water partition coefficient (Wildman–Crippen LogP) is 2.27. The minimum atomic E-state index is 0.951. The lowest BCUT2D eigenvalue weighted by atomic mass is 10.4. The molecule has 0 bridgehead atoms. The van der Waals surface area contributed by atoms with Crippen molar-refractivity contribution in [2.45, 2.75) is 12.8 Å². The number of hydrogen-bond acceptors (Lipinski definition) is 1. The Morgan fingerprint density at radius 3 is 2.71 bits per heavy atom. The first-order valence-electron chi connectivity index (χ1n) is 2.63. The third-order valence-electron chi connectivity index (χ3n) is 1.11. The van der Waals surface area contributed by atoms with E-state index in [2.05, 4.69) is 17.7 Å². The average Bonchev–Trinajstić information content (AvgIpc) is 2.42. The smallest absolute Gasteiger partial charge is 0.0142 e. The quantitative estimate of drug-likeness (QED) is 0.530. The van der Waals surface area contributed by atoms with Crippen LogP contribution in [0.5, 0.6) is 0 Å². The standard InChI is InChI=1S/C6H10S/c1-7-5-4-6-2-3-6/h4-6H,2-3H2,1H3. The van der Waals surface area contributed by atoms with Crippen LogP contribution in [-0.2, 0) is 0 Å². The number of thioether (sulfide) groups is 1. The van der Waals surface area contributed by atoms with E-state index >= 15 is 0 Å². The maximum absolute atomic E-state index is 2.30. The minimum absolute atomic E-state index is 0.951. The summed E-state index contributed by atoms with van der Waals surface area (Å²) in [6, 6.07) is 0. The second-order valence-corrected chi connectivity index (χ2v) is 2.65. The Kier molecular flexibility index (Phi) is 1.80. The van der Waals surface area contributed by atoms with Gasteiger partial charge in [0.15, 0.2) is 0 Å². The first-order chi connectivity index (χ1) is 3.43. The maximum Gasteiger partial charge on any atom is -0.0142 e. The highest BCUT2D eigenvalue weighted by Gasteiger charge is 2.16. The van der Waals surface area contributed by atoms with Crippen LogP contribution in [-0.4, -0.2) is 6.26 Å². The van der Waals surface area contributed by atoms with Gasteiger partial charge >= 0.3 is 0 Å². The van der Waals surface area contributed by atoms with E-state index < -0.39 is 0 Å². The van der Waals surface area contributed by atoms with E-state index in [0.717, 1.165) is 5.92 Å². The molecule has 1 rings (SSSR count). The molecule has 1 aliphatic rings. The number of hydrogen-bond donors (Lipinski definition) is 0. The second-order valence-electron chi connectivity index (χ2n) is 1.90. The highest BCUT2D eigenvalue weighted by molar-refractivity contribution is 8.01. The van der Waals surface area contributed by atoms with Gasteiger partial charge in [0.05, 0.1) is 0 Å². The first-order valence-corrected chi connectivity index (χ1v) is 3.92. The summed E-state index contributed by atoms with van der Waals surface area (Å²) < 4.78 is 0. The van der Waals surface area contributed by atoms with Crippen LogP contribution in [0.15, 0.2) is 11.5 Å². The zero-order valence-electron chi connectivity index (χ0n) is 4.55. The van der Waals surface area contributed by atoms with Crippen molar-refractivity contribution in [3.63, 3.8) is 0 Å². The fraction of sp³-hybridized carbons (Fsp3) is 0.667. The third kappa shape index (κ3) is 2.03. The zero-order valence-corrected chi connectivity index (χ0v) is 5.37. The summed E-state index contributed by atoms with van der Waals surface area (Å²) in [7, 11) is 0. The van der Waals surface area contributed by atoms with Gasteiger partial charge in [0.1, 0.15) is 0 Å². The molecule has 7 heavy (non-hydrogen) atoms. The Bertz CT molecular complexity index is 72.2. The molecule has 0 N–H and O–H groups in total.